The topological polar surface area (TPSA) is 34.9 Å². The highest BCUT2D eigenvalue weighted by molar-refractivity contribution is 5.96. The van der Waals surface area contributed by atoms with Crippen molar-refractivity contribution in [3.63, 3.8) is 0 Å². The Bertz CT molecular complexity index is 659. The average molecular weight is 274 g/mol. The first-order valence-corrected chi connectivity index (χ1v) is 6.68. The lowest BCUT2D eigenvalue weighted by Gasteiger charge is -2.05. The Labute approximate surface area is 118 Å². The van der Waals surface area contributed by atoms with Crippen LogP contribution >= 0.6 is 0 Å². The first-order valence-electron chi connectivity index (χ1n) is 6.68. The van der Waals surface area contributed by atoms with Crippen molar-refractivity contribution in [3.8, 4) is 0 Å². The molecule has 0 saturated carbocycles. The molecule has 0 radical (unpaired) electrons. The van der Waals surface area contributed by atoms with Gasteiger partial charge in [0.25, 0.3) is 0 Å². The maximum absolute atomic E-state index is 13.7. The molecule has 4 heteroatoms. The van der Waals surface area contributed by atoms with Crippen LogP contribution in [0, 0.1) is 26.6 Å². The van der Waals surface area contributed by atoms with Gasteiger partial charge in [0, 0.05) is 19.2 Å². The molecule has 2 aromatic rings. The van der Waals surface area contributed by atoms with Gasteiger partial charge in [-0.1, -0.05) is 11.6 Å². The summed E-state index contributed by atoms with van der Waals surface area (Å²) in [6, 6.07) is 4.63. The fourth-order valence-electron chi connectivity index (χ4n) is 2.41. The van der Waals surface area contributed by atoms with Crippen LogP contribution in [0.5, 0.6) is 0 Å². The molecule has 0 spiro atoms. The Hall–Kier alpha value is -1.97. The summed E-state index contributed by atoms with van der Waals surface area (Å²) in [7, 11) is 1.88. The number of ketones is 1. The fourth-order valence-corrected chi connectivity index (χ4v) is 2.41. The summed E-state index contributed by atoms with van der Waals surface area (Å²) in [5, 5.41) is 4.32. The fraction of sp³-hybridized carbons (Fsp3) is 0.375. The van der Waals surface area contributed by atoms with E-state index in [9.17, 15) is 9.18 Å². The van der Waals surface area contributed by atoms with Gasteiger partial charge < -0.3 is 0 Å². The molecule has 0 aliphatic carbocycles. The molecule has 1 aromatic carbocycles. The number of nitrogens with zero attached hydrogens (tertiary/aromatic N) is 2. The summed E-state index contributed by atoms with van der Waals surface area (Å²) in [6.45, 7) is 5.76. The van der Waals surface area contributed by atoms with Crippen LogP contribution in [-0.2, 0) is 13.5 Å². The summed E-state index contributed by atoms with van der Waals surface area (Å²) in [4.78, 5) is 12.2. The van der Waals surface area contributed by atoms with E-state index in [1.54, 1.807) is 12.1 Å². The summed E-state index contributed by atoms with van der Waals surface area (Å²) < 4.78 is 15.5. The van der Waals surface area contributed by atoms with Crippen molar-refractivity contribution >= 4 is 5.78 Å². The minimum Gasteiger partial charge on any atom is -0.294 e. The molecule has 3 nitrogen and oxygen atoms in total. The van der Waals surface area contributed by atoms with Crippen molar-refractivity contribution in [3.05, 3.63) is 52.1 Å². The number of hydrogen-bond donors (Lipinski definition) is 0. The van der Waals surface area contributed by atoms with E-state index in [0.717, 1.165) is 22.5 Å². The van der Waals surface area contributed by atoms with Crippen molar-refractivity contribution in [2.24, 2.45) is 7.05 Å². The Balaban J connectivity index is 2.15. The molecule has 0 aliphatic rings. The third kappa shape index (κ3) is 2.79. The molecule has 0 unspecified atom stereocenters. The number of carbonyl (C=O) groups is 1. The first-order chi connectivity index (χ1) is 9.40. The smallest absolute Gasteiger partial charge is 0.166 e. The third-order valence-corrected chi connectivity index (χ3v) is 3.68. The lowest BCUT2D eigenvalue weighted by molar-refractivity contribution is 0.0979. The first kappa shape index (κ1) is 14.4. The summed E-state index contributed by atoms with van der Waals surface area (Å²) >= 11 is 0. The number of carbonyl (C=O) groups excluding carboxylic acids is 1. The van der Waals surface area contributed by atoms with E-state index in [1.807, 2.05) is 32.5 Å². The Morgan fingerprint density at radius 2 is 2.00 bits per heavy atom. The average Bonchev–Trinajstić information content (AvgIpc) is 2.64. The van der Waals surface area contributed by atoms with Gasteiger partial charge in [-0.2, -0.15) is 5.10 Å². The number of halogens is 1. The van der Waals surface area contributed by atoms with Crippen LogP contribution in [0.2, 0.25) is 0 Å². The Kier molecular flexibility index (Phi) is 4.02. The molecular weight excluding hydrogens is 255 g/mol. The highest BCUT2D eigenvalue weighted by Gasteiger charge is 2.15. The number of rotatable bonds is 4. The van der Waals surface area contributed by atoms with Gasteiger partial charge in [0.2, 0.25) is 0 Å². The predicted molar refractivity (Wildman–Crippen MR) is 76.5 cm³/mol. The largest absolute Gasteiger partial charge is 0.294 e. The highest BCUT2D eigenvalue weighted by atomic mass is 19.1. The third-order valence-electron chi connectivity index (χ3n) is 3.68. The molecule has 0 bridgehead atoms. The van der Waals surface area contributed by atoms with Crippen molar-refractivity contribution < 1.29 is 9.18 Å². The van der Waals surface area contributed by atoms with E-state index in [2.05, 4.69) is 5.10 Å². The van der Waals surface area contributed by atoms with Crippen LogP contribution in [0.4, 0.5) is 4.39 Å². The molecule has 0 saturated heterocycles. The minimum atomic E-state index is -0.444. The van der Waals surface area contributed by atoms with Crippen molar-refractivity contribution in [2.45, 2.75) is 33.6 Å². The van der Waals surface area contributed by atoms with Crippen LogP contribution in [0.3, 0.4) is 0 Å². The second kappa shape index (κ2) is 5.57. The number of aryl methyl sites for hydroxylation is 3. The van der Waals surface area contributed by atoms with Crippen molar-refractivity contribution in [1.29, 1.82) is 0 Å². The summed E-state index contributed by atoms with van der Waals surface area (Å²) in [5.41, 5.74) is 4.14. The summed E-state index contributed by atoms with van der Waals surface area (Å²) in [6.07, 6.45) is 0.894. The van der Waals surface area contributed by atoms with Crippen LogP contribution < -0.4 is 0 Å². The van der Waals surface area contributed by atoms with Gasteiger partial charge in [-0.25, -0.2) is 4.39 Å². The SMILES string of the molecule is Cc1ccc(F)c(C(=O)CCc2c(C)nn(C)c2C)c1. The molecule has 1 aromatic heterocycles. The second-order valence-electron chi connectivity index (χ2n) is 5.18. The van der Waals surface area contributed by atoms with Gasteiger partial charge in [0.1, 0.15) is 5.82 Å². The van der Waals surface area contributed by atoms with E-state index in [-0.39, 0.29) is 11.3 Å². The second-order valence-corrected chi connectivity index (χ2v) is 5.18. The molecule has 0 amide bonds. The van der Waals surface area contributed by atoms with Gasteiger partial charge in [-0.15, -0.1) is 0 Å². The molecule has 0 N–H and O–H groups in total. The molecule has 2 rings (SSSR count). The van der Waals surface area contributed by atoms with Gasteiger partial charge in [0.15, 0.2) is 5.78 Å². The minimum absolute atomic E-state index is 0.158. The van der Waals surface area contributed by atoms with Crippen molar-refractivity contribution in [1.82, 2.24) is 9.78 Å². The number of aromatic nitrogens is 2. The monoisotopic (exact) mass is 274 g/mol. The zero-order chi connectivity index (χ0) is 14.9. The molecule has 20 heavy (non-hydrogen) atoms. The normalized spacial score (nSPS) is 10.8. The van der Waals surface area contributed by atoms with Gasteiger partial charge in [-0.3, -0.25) is 9.48 Å². The zero-order valence-electron chi connectivity index (χ0n) is 12.3. The van der Waals surface area contributed by atoms with E-state index in [4.69, 9.17) is 0 Å². The highest BCUT2D eigenvalue weighted by Crippen LogP contribution is 2.17. The summed E-state index contributed by atoms with van der Waals surface area (Å²) in [5.74, 6) is -0.603. The molecule has 106 valence electrons. The van der Waals surface area contributed by atoms with E-state index in [1.165, 1.54) is 6.07 Å². The number of Topliss-reactive ketones (excluding diaryl/α,β-unsaturated/α-hetero) is 1. The van der Waals surface area contributed by atoms with Crippen molar-refractivity contribution in [2.75, 3.05) is 0 Å². The lowest BCUT2D eigenvalue weighted by Crippen LogP contribution is -2.05. The number of hydrogen-bond acceptors (Lipinski definition) is 2. The standard InChI is InChI=1S/C16H19FN2O/c1-10-5-7-15(17)14(9-10)16(20)8-6-13-11(2)18-19(4)12(13)3/h5,7,9H,6,8H2,1-4H3. The molecular formula is C16H19FN2O. The molecule has 0 atom stereocenters. The van der Waals surface area contributed by atoms with Crippen LogP contribution in [0.1, 0.15) is 39.3 Å². The zero-order valence-corrected chi connectivity index (χ0v) is 12.3. The van der Waals surface area contributed by atoms with Crippen LogP contribution in [0.15, 0.2) is 18.2 Å². The van der Waals surface area contributed by atoms with Crippen LogP contribution in [0.25, 0.3) is 0 Å². The number of benzene rings is 1. The molecule has 0 fully saturated rings. The molecule has 0 aliphatic heterocycles. The molecule has 1 heterocycles. The van der Waals surface area contributed by atoms with E-state index < -0.39 is 5.82 Å². The van der Waals surface area contributed by atoms with Gasteiger partial charge >= 0.3 is 0 Å². The van der Waals surface area contributed by atoms with E-state index >= 15 is 0 Å². The lowest BCUT2D eigenvalue weighted by atomic mass is 10.00. The Morgan fingerprint density at radius 3 is 2.60 bits per heavy atom. The van der Waals surface area contributed by atoms with Crippen LogP contribution in [-0.4, -0.2) is 15.6 Å². The Morgan fingerprint density at radius 1 is 1.30 bits per heavy atom. The van der Waals surface area contributed by atoms with E-state index in [0.29, 0.717) is 12.8 Å². The van der Waals surface area contributed by atoms with Gasteiger partial charge in [0.05, 0.1) is 11.3 Å². The maximum Gasteiger partial charge on any atom is 0.166 e. The van der Waals surface area contributed by atoms with Gasteiger partial charge in [-0.05, 0) is 44.9 Å². The quantitative estimate of drug-likeness (QED) is 0.802. The maximum atomic E-state index is 13.7. The predicted octanol–water partition coefficient (Wildman–Crippen LogP) is 3.30.